The summed E-state index contributed by atoms with van der Waals surface area (Å²) in [6.07, 6.45) is 0. The number of rotatable bonds is 12. The van der Waals surface area contributed by atoms with Crippen molar-refractivity contribution in [2.24, 2.45) is 0 Å². The number of hydrogen-bond donors (Lipinski definition) is 0. The lowest BCUT2D eigenvalue weighted by Gasteiger charge is -2.42. The summed E-state index contributed by atoms with van der Waals surface area (Å²) in [5.41, 5.74) is 25.3. The molecule has 0 aliphatic carbocycles. The third-order valence-corrected chi connectivity index (χ3v) is 29.2. The fourth-order valence-corrected chi connectivity index (χ4v) is 20.6. The second kappa shape index (κ2) is 31.0. The fraction of sp³-hybridized carbons (Fsp3) is 0.111. The molecule has 14 heteroatoms. The van der Waals surface area contributed by atoms with E-state index in [4.69, 9.17) is 9.31 Å². The SMILES string of the molecule is CC1(C)c2ccccc2N(c2ccc(-c3ccc(S(=O)(=O)c4ccc(-c5ccc(-n6c7ccccc7c7ccccc76)cc5)cc4)cc3)cc2)c2ccccc21.CC1(C)c2ccccc2N(c2ccc(B3OC(C)(C)C(C)(C)O3)cc2)c2ccccc21.O=S(=O)(c1ccc(Br)cc1)c1ccc(-c2ccc(-n3c4ccccc4c4ccccc43)cc2)cc1. The third kappa shape index (κ3) is 13.9. The summed E-state index contributed by atoms with van der Waals surface area (Å²) < 4.78 is 71.4. The van der Waals surface area contributed by atoms with E-state index in [0.717, 1.165) is 77.1 Å². The summed E-state index contributed by atoms with van der Waals surface area (Å²) >= 11 is 3.35. The molecule has 18 aromatic rings. The average Bonchev–Trinajstić information content (AvgIpc) is 1.13. The van der Waals surface area contributed by atoms with Gasteiger partial charge in [0.1, 0.15) is 0 Å². The Morgan fingerprint density at radius 3 is 0.754 bits per heavy atom. The highest BCUT2D eigenvalue weighted by Gasteiger charge is 2.52. The molecule has 0 spiro atoms. The Balaban J connectivity index is 0.000000128. The van der Waals surface area contributed by atoms with Crippen molar-refractivity contribution in [3.8, 4) is 44.8 Å². The first-order valence-corrected chi connectivity index (χ1v) is 45.0. The molecular formula is C108H88BBrN4O6S2. The molecule has 0 unspecified atom stereocenters. The van der Waals surface area contributed by atoms with Gasteiger partial charge in [-0.1, -0.05) is 274 Å². The first kappa shape index (κ1) is 78.9. The van der Waals surface area contributed by atoms with E-state index in [0.29, 0.717) is 0 Å². The molecule has 3 aliphatic heterocycles. The molecule has 0 N–H and O–H groups in total. The van der Waals surface area contributed by atoms with Crippen molar-refractivity contribution in [2.45, 2.75) is 97.0 Å². The van der Waals surface area contributed by atoms with Crippen LogP contribution in [0.4, 0.5) is 34.1 Å². The molecule has 5 heterocycles. The number of sulfone groups is 2. The number of anilines is 6. The number of hydrogen-bond acceptors (Lipinski definition) is 8. The molecule has 598 valence electrons. The predicted molar refractivity (Wildman–Crippen MR) is 505 cm³/mol. The van der Waals surface area contributed by atoms with E-state index in [2.05, 4.69) is 381 Å². The van der Waals surface area contributed by atoms with Gasteiger partial charge in [-0.2, -0.15) is 0 Å². The predicted octanol–water partition coefficient (Wildman–Crippen LogP) is 27.2. The lowest BCUT2D eigenvalue weighted by Crippen LogP contribution is -2.41. The Bertz CT molecular complexity index is 7050. The molecule has 2 aromatic heterocycles. The van der Waals surface area contributed by atoms with Gasteiger partial charge in [-0.15, -0.1) is 0 Å². The first-order valence-electron chi connectivity index (χ1n) is 41.2. The average molecular weight is 1690 g/mol. The minimum atomic E-state index is -3.71. The smallest absolute Gasteiger partial charge is 0.399 e. The van der Waals surface area contributed by atoms with E-state index in [-0.39, 0.29) is 48.7 Å². The van der Waals surface area contributed by atoms with E-state index in [1.54, 1.807) is 60.7 Å². The van der Waals surface area contributed by atoms with Gasteiger partial charge in [0, 0.05) is 59.6 Å². The van der Waals surface area contributed by atoms with Gasteiger partial charge in [0.25, 0.3) is 0 Å². The van der Waals surface area contributed by atoms with Gasteiger partial charge in [-0.05, 0) is 247 Å². The van der Waals surface area contributed by atoms with Crippen LogP contribution in [0.2, 0.25) is 0 Å². The lowest BCUT2D eigenvalue weighted by atomic mass is 9.73. The maximum absolute atomic E-state index is 13.8. The summed E-state index contributed by atoms with van der Waals surface area (Å²) in [5.74, 6) is 0. The topological polar surface area (TPSA) is 103 Å². The zero-order valence-electron chi connectivity index (χ0n) is 69.0. The molecule has 0 amide bonds. The molecule has 0 bridgehead atoms. The van der Waals surface area contributed by atoms with Crippen molar-refractivity contribution in [1.29, 1.82) is 0 Å². The molecule has 16 aromatic carbocycles. The van der Waals surface area contributed by atoms with Gasteiger partial charge in [0.15, 0.2) is 0 Å². The van der Waals surface area contributed by atoms with Crippen LogP contribution in [0.15, 0.2) is 412 Å². The Labute approximate surface area is 722 Å². The van der Waals surface area contributed by atoms with Crippen molar-refractivity contribution in [2.75, 3.05) is 9.80 Å². The van der Waals surface area contributed by atoms with Crippen LogP contribution in [0.25, 0.3) is 88.4 Å². The number of fused-ring (bicyclic) bond motifs is 10. The van der Waals surface area contributed by atoms with E-state index >= 15 is 0 Å². The quantitative estimate of drug-likeness (QED) is 0.111. The van der Waals surface area contributed by atoms with E-state index in [1.165, 1.54) is 77.6 Å². The normalized spacial score (nSPS) is 14.7. The van der Waals surface area contributed by atoms with Crippen molar-refractivity contribution in [1.82, 2.24) is 9.13 Å². The lowest BCUT2D eigenvalue weighted by molar-refractivity contribution is 0.00578. The largest absolute Gasteiger partial charge is 0.494 e. The molecule has 1 saturated heterocycles. The van der Waals surface area contributed by atoms with Gasteiger partial charge in [-0.25, -0.2) is 16.8 Å². The molecule has 1 fully saturated rings. The van der Waals surface area contributed by atoms with Crippen LogP contribution in [0.5, 0.6) is 0 Å². The van der Waals surface area contributed by atoms with Gasteiger partial charge >= 0.3 is 7.12 Å². The van der Waals surface area contributed by atoms with Crippen LogP contribution in [-0.4, -0.2) is 44.3 Å². The Morgan fingerprint density at radius 2 is 0.475 bits per heavy atom. The zero-order chi connectivity index (χ0) is 84.0. The highest BCUT2D eigenvalue weighted by atomic mass is 79.9. The monoisotopic (exact) mass is 1690 g/mol. The van der Waals surface area contributed by atoms with Crippen molar-refractivity contribution in [3.63, 3.8) is 0 Å². The van der Waals surface area contributed by atoms with Gasteiger partial charge < -0.3 is 28.2 Å². The molecule has 3 aliphatic rings. The molecule has 0 atom stereocenters. The first-order chi connectivity index (χ1) is 58.9. The van der Waals surface area contributed by atoms with Gasteiger partial charge in [-0.3, -0.25) is 0 Å². The van der Waals surface area contributed by atoms with Gasteiger partial charge in [0.2, 0.25) is 19.7 Å². The summed E-state index contributed by atoms with van der Waals surface area (Å²) in [6.45, 7) is 17.5. The van der Waals surface area contributed by atoms with E-state index in [9.17, 15) is 16.8 Å². The van der Waals surface area contributed by atoms with Crippen molar-refractivity contribution < 1.29 is 26.1 Å². The van der Waals surface area contributed by atoms with Crippen LogP contribution in [0.3, 0.4) is 0 Å². The molecule has 0 saturated carbocycles. The molecule has 21 rings (SSSR count). The maximum atomic E-state index is 13.8. The summed E-state index contributed by atoms with van der Waals surface area (Å²) in [7, 11) is -7.62. The zero-order valence-corrected chi connectivity index (χ0v) is 72.2. The number of aromatic nitrogens is 2. The molecule has 10 nitrogen and oxygen atoms in total. The highest BCUT2D eigenvalue weighted by molar-refractivity contribution is 9.10. The third-order valence-electron chi connectivity index (χ3n) is 25.1. The maximum Gasteiger partial charge on any atom is 0.494 e. The number of nitrogens with zero attached hydrogens (tertiary/aromatic N) is 4. The summed E-state index contributed by atoms with van der Waals surface area (Å²) in [4.78, 5) is 5.80. The Morgan fingerprint density at radius 1 is 0.254 bits per heavy atom. The molecule has 122 heavy (non-hydrogen) atoms. The minimum absolute atomic E-state index is 0.0493. The molecular weight excluding hydrogens is 1600 g/mol. The number of halogens is 1. The van der Waals surface area contributed by atoms with Crippen molar-refractivity contribution in [3.05, 3.63) is 415 Å². The fourth-order valence-electron chi connectivity index (χ4n) is 17.8. The number of benzene rings is 16. The Kier molecular flexibility index (Phi) is 20.0. The standard InChI is InChI=1S/C51H38N2O2S.C30H20BrNO2S.C27H30BNO2/c1-51(2)45-13-5-9-17-49(45)53(50-18-10-6-14-46(50)51)40-29-21-36(22-30-40)38-25-33-42(34-26-38)56(54,55)41-31-23-37(24-32-41)35-19-27-39(28-20-35)52-47-15-7-3-11-43(47)44-12-4-8-16-48(44)52;31-23-13-19-26(20-14-23)35(33,34)25-17-11-22(12-18-25)21-9-15-24(16-10-21)32-29-7-3-1-5-27(29)28-6-2-4-8-30(28)32;1-25(2)21-11-7-9-13-23(21)29(24-14-10-8-12-22(24)25)20-17-15-19(16-18-20)28-30-26(3,4)27(5,6)31-28/h3-34H,1-2H3;1-20H;7-18H,1-6H3. The van der Waals surface area contributed by atoms with Crippen LogP contribution in [0, 0.1) is 0 Å². The van der Waals surface area contributed by atoms with E-state index < -0.39 is 19.7 Å². The van der Waals surface area contributed by atoms with E-state index in [1.807, 2.05) is 36.4 Å². The van der Waals surface area contributed by atoms with Crippen LogP contribution < -0.4 is 15.3 Å². The minimum Gasteiger partial charge on any atom is -0.399 e. The van der Waals surface area contributed by atoms with Crippen LogP contribution >= 0.6 is 15.9 Å². The number of para-hydroxylation sites is 8. The molecule has 0 radical (unpaired) electrons. The Hall–Kier alpha value is -12.9. The van der Waals surface area contributed by atoms with Crippen molar-refractivity contribution >= 4 is 126 Å². The summed E-state index contributed by atoms with van der Waals surface area (Å²) in [6, 6.07) is 131. The van der Waals surface area contributed by atoms with Gasteiger partial charge in [0.05, 0.1) is 75.6 Å². The van der Waals surface area contributed by atoms with Crippen LogP contribution in [-0.2, 0) is 39.8 Å². The second-order valence-corrected chi connectivity index (χ2v) is 38.4. The van der Waals surface area contributed by atoms with Crippen LogP contribution in [0.1, 0.15) is 77.6 Å². The highest BCUT2D eigenvalue weighted by Crippen LogP contribution is 2.54. The second-order valence-electron chi connectivity index (χ2n) is 33.6. The summed E-state index contributed by atoms with van der Waals surface area (Å²) in [5, 5.41) is 4.91.